The molecule has 1 atom stereocenters. The molecule has 0 bridgehead atoms. The minimum Gasteiger partial charge on any atom is -0.393 e. The summed E-state index contributed by atoms with van der Waals surface area (Å²) in [4.78, 5) is 22.1. The van der Waals surface area contributed by atoms with Gasteiger partial charge >= 0.3 is 11.9 Å². The van der Waals surface area contributed by atoms with Gasteiger partial charge in [-0.15, -0.1) is 0 Å². The molecule has 0 radical (unpaired) electrons. The van der Waals surface area contributed by atoms with E-state index in [0.717, 1.165) is 0 Å². The third-order valence-electron chi connectivity index (χ3n) is 2.22. The van der Waals surface area contributed by atoms with Gasteiger partial charge in [0.25, 0.3) is 0 Å². The van der Waals surface area contributed by atoms with E-state index < -0.39 is 23.7 Å². The first-order valence-electron chi connectivity index (χ1n) is 4.28. The summed E-state index contributed by atoms with van der Waals surface area (Å²) in [6.45, 7) is 0. The number of ether oxygens (including phenoxy) is 1. The molecule has 0 amide bonds. The third kappa shape index (κ3) is 1.72. The Morgan fingerprint density at radius 3 is 2.67 bits per heavy atom. The molecule has 5 heteroatoms. The average molecular weight is 229 g/mol. The molecular formula is C10H6ClFO3. The molecule has 0 unspecified atom stereocenters. The Kier molecular flexibility index (Phi) is 2.44. The summed E-state index contributed by atoms with van der Waals surface area (Å²) < 4.78 is 17.7. The highest BCUT2D eigenvalue weighted by Gasteiger charge is 2.37. The van der Waals surface area contributed by atoms with Crippen LogP contribution in [0.2, 0.25) is 5.02 Å². The van der Waals surface area contributed by atoms with Crippen molar-refractivity contribution in [3.05, 3.63) is 34.6 Å². The van der Waals surface area contributed by atoms with Crippen molar-refractivity contribution >= 4 is 23.5 Å². The molecule has 1 aliphatic rings. The molecular weight excluding hydrogens is 223 g/mol. The topological polar surface area (TPSA) is 43.4 Å². The fourth-order valence-electron chi connectivity index (χ4n) is 1.54. The van der Waals surface area contributed by atoms with Crippen LogP contribution < -0.4 is 0 Å². The minimum absolute atomic E-state index is 0.0371. The summed E-state index contributed by atoms with van der Waals surface area (Å²) in [6, 6.07) is 4.09. The molecule has 0 N–H and O–H groups in total. The van der Waals surface area contributed by atoms with Crippen LogP contribution in [-0.4, -0.2) is 11.9 Å². The highest BCUT2D eigenvalue weighted by Crippen LogP contribution is 2.34. The summed E-state index contributed by atoms with van der Waals surface area (Å²) in [5, 5.41) is 0.131. The molecule has 0 aromatic heterocycles. The molecule has 1 fully saturated rings. The van der Waals surface area contributed by atoms with Crippen molar-refractivity contribution in [2.24, 2.45) is 0 Å². The van der Waals surface area contributed by atoms with Gasteiger partial charge in [0, 0.05) is 10.6 Å². The van der Waals surface area contributed by atoms with Crippen LogP contribution >= 0.6 is 11.6 Å². The molecule has 0 spiro atoms. The van der Waals surface area contributed by atoms with Gasteiger partial charge in [-0.05, 0) is 12.1 Å². The van der Waals surface area contributed by atoms with Crippen LogP contribution in [0.4, 0.5) is 4.39 Å². The van der Waals surface area contributed by atoms with Gasteiger partial charge in [-0.2, -0.15) is 0 Å². The van der Waals surface area contributed by atoms with Crippen LogP contribution in [0, 0.1) is 5.82 Å². The fraction of sp³-hybridized carbons (Fsp3) is 0.200. The van der Waals surface area contributed by atoms with Gasteiger partial charge in [0.2, 0.25) is 0 Å². The first-order chi connectivity index (χ1) is 7.09. The summed E-state index contributed by atoms with van der Waals surface area (Å²) in [5.74, 6) is -2.90. The summed E-state index contributed by atoms with van der Waals surface area (Å²) in [7, 11) is 0. The van der Waals surface area contributed by atoms with Gasteiger partial charge in [-0.25, -0.2) is 4.39 Å². The van der Waals surface area contributed by atoms with Gasteiger partial charge in [-0.1, -0.05) is 17.7 Å². The maximum atomic E-state index is 13.4. The van der Waals surface area contributed by atoms with E-state index >= 15 is 0 Å². The zero-order valence-electron chi connectivity index (χ0n) is 7.50. The number of hydrogen-bond acceptors (Lipinski definition) is 3. The minimum atomic E-state index is -0.911. The monoisotopic (exact) mass is 228 g/mol. The Bertz CT molecular complexity index is 424. The van der Waals surface area contributed by atoms with Crippen molar-refractivity contribution in [1.82, 2.24) is 0 Å². The van der Waals surface area contributed by atoms with Gasteiger partial charge in [0.1, 0.15) is 5.82 Å². The van der Waals surface area contributed by atoms with E-state index in [1.165, 1.54) is 18.2 Å². The smallest absolute Gasteiger partial charge is 0.321 e. The second-order valence-corrected chi connectivity index (χ2v) is 3.59. The number of cyclic esters (lactones) is 2. The van der Waals surface area contributed by atoms with Crippen LogP contribution in [0.15, 0.2) is 18.2 Å². The van der Waals surface area contributed by atoms with Crippen LogP contribution in [0.3, 0.4) is 0 Å². The Morgan fingerprint density at radius 1 is 1.40 bits per heavy atom. The molecule has 1 saturated heterocycles. The Hall–Kier alpha value is -1.42. The first kappa shape index (κ1) is 10.1. The average Bonchev–Trinajstić information content (AvgIpc) is 2.45. The largest absolute Gasteiger partial charge is 0.393 e. The van der Waals surface area contributed by atoms with E-state index in [1.54, 1.807) is 0 Å². The van der Waals surface area contributed by atoms with Crippen LogP contribution in [0.5, 0.6) is 0 Å². The van der Waals surface area contributed by atoms with E-state index in [0.29, 0.717) is 0 Å². The summed E-state index contributed by atoms with van der Waals surface area (Å²) in [6.07, 6.45) is -0.153. The van der Waals surface area contributed by atoms with Crippen molar-refractivity contribution in [2.45, 2.75) is 12.3 Å². The predicted molar refractivity (Wildman–Crippen MR) is 49.9 cm³/mol. The molecule has 78 valence electrons. The van der Waals surface area contributed by atoms with Gasteiger partial charge in [0.15, 0.2) is 0 Å². The van der Waals surface area contributed by atoms with Crippen LogP contribution in [0.1, 0.15) is 17.9 Å². The molecule has 2 rings (SSSR count). The molecule has 0 saturated carbocycles. The summed E-state index contributed by atoms with van der Waals surface area (Å²) in [5.41, 5.74) is 0.0371. The van der Waals surface area contributed by atoms with Gasteiger partial charge < -0.3 is 4.74 Å². The molecule has 1 aromatic carbocycles. The van der Waals surface area contributed by atoms with Crippen molar-refractivity contribution in [1.29, 1.82) is 0 Å². The van der Waals surface area contributed by atoms with Crippen molar-refractivity contribution in [3.8, 4) is 0 Å². The number of rotatable bonds is 1. The maximum absolute atomic E-state index is 13.4. The summed E-state index contributed by atoms with van der Waals surface area (Å²) >= 11 is 5.76. The molecule has 15 heavy (non-hydrogen) atoms. The molecule has 3 nitrogen and oxygen atoms in total. The quantitative estimate of drug-likeness (QED) is 0.546. The highest BCUT2D eigenvalue weighted by molar-refractivity contribution is 6.31. The zero-order chi connectivity index (χ0) is 11.0. The Labute approximate surface area is 89.8 Å². The van der Waals surface area contributed by atoms with E-state index in [4.69, 9.17) is 11.6 Å². The number of carbonyl (C=O) groups excluding carboxylic acids is 2. The lowest BCUT2D eigenvalue weighted by Gasteiger charge is -2.08. The van der Waals surface area contributed by atoms with Crippen molar-refractivity contribution in [2.75, 3.05) is 0 Å². The molecule has 0 aliphatic carbocycles. The zero-order valence-corrected chi connectivity index (χ0v) is 8.25. The van der Waals surface area contributed by atoms with Crippen molar-refractivity contribution in [3.63, 3.8) is 0 Å². The Morgan fingerprint density at radius 2 is 2.13 bits per heavy atom. The molecule has 1 aromatic rings. The third-order valence-corrected chi connectivity index (χ3v) is 2.55. The number of esters is 2. The van der Waals surface area contributed by atoms with E-state index in [9.17, 15) is 14.0 Å². The lowest BCUT2D eigenvalue weighted by atomic mass is 9.97. The van der Waals surface area contributed by atoms with Gasteiger partial charge in [0.05, 0.1) is 12.3 Å². The number of halogens is 2. The van der Waals surface area contributed by atoms with Gasteiger partial charge in [-0.3, -0.25) is 9.59 Å². The Balaban J connectivity index is 2.46. The first-order valence-corrected chi connectivity index (χ1v) is 4.66. The fourth-order valence-corrected chi connectivity index (χ4v) is 1.83. The van der Waals surface area contributed by atoms with Crippen LogP contribution in [0.25, 0.3) is 0 Å². The van der Waals surface area contributed by atoms with E-state index in [1.807, 2.05) is 0 Å². The maximum Gasteiger partial charge on any atom is 0.321 e. The van der Waals surface area contributed by atoms with Crippen LogP contribution in [-0.2, 0) is 14.3 Å². The normalized spacial score (nSPS) is 20.5. The predicted octanol–water partition coefficient (Wildman–Crippen LogP) is 2.04. The number of carbonyl (C=O) groups is 2. The lowest BCUT2D eigenvalue weighted by Crippen LogP contribution is -2.08. The second kappa shape index (κ2) is 3.62. The number of hydrogen-bond donors (Lipinski definition) is 0. The number of benzene rings is 1. The second-order valence-electron chi connectivity index (χ2n) is 3.19. The standard InChI is InChI=1S/C10H6ClFO3/c11-6-2-1-3-7(12)9(6)5-4-8(13)15-10(5)14/h1-3,5H,4H2/t5-/m1/s1. The lowest BCUT2D eigenvalue weighted by molar-refractivity contribution is -0.152. The SMILES string of the molecule is O=C1C[C@H](c2c(F)cccc2Cl)C(=O)O1. The van der Waals surface area contributed by atoms with E-state index in [-0.39, 0.29) is 17.0 Å². The van der Waals surface area contributed by atoms with Crippen molar-refractivity contribution < 1.29 is 18.7 Å². The molecule has 1 heterocycles. The highest BCUT2D eigenvalue weighted by atomic mass is 35.5. The molecule has 1 aliphatic heterocycles. The van der Waals surface area contributed by atoms with E-state index in [2.05, 4.69) is 4.74 Å².